The zero-order chi connectivity index (χ0) is 10.8. The van der Waals surface area contributed by atoms with E-state index < -0.39 is 11.8 Å². The van der Waals surface area contributed by atoms with Gasteiger partial charge in [0.25, 0.3) is 0 Å². The molecule has 0 fully saturated rings. The van der Waals surface area contributed by atoms with Crippen LogP contribution in [0.2, 0.25) is 0 Å². The number of carboxylic acid groups (broad SMARTS) is 1. The van der Waals surface area contributed by atoms with Gasteiger partial charge in [0.1, 0.15) is 5.82 Å². The van der Waals surface area contributed by atoms with Crippen molar-refractivity contribution in [3.8, 4) is 10.4 Å². The molecule has 76 valence electrons. The summed E-state index contributed by atoms with van der Waals surface area (Å²) in [6.07, 6.45) is 0. The van der Waals surface area contributed by atoms with E-state index in [2.05, 4.69) is 0 Å². The van der Waals surface area contributed by atoms with Crippen LogP contribution in [0.3, 0.4) is 0 Å². The van der Waals surface area contributed by atoms with Gasteiger partial charge in [0.2, 0.25) is 0 Å². The molecule has 0 bridgehead atoms. The smallest absolute Gasteiger partial charge is 0.337 e. The van der Waals surface area contributed by atoms with Crippen LogP contribution in [0.5, 0.6) is 0 Å². The largest absolute Gasteiger partial charge is 0.478 e. The van der Waals surface area contributed by atoms with Crippen LogP contribution in [0.15, 0.2) is 35.7 Å². The standard InChI is InChI=1S/C11H7FO2S/c12-9-4-2-1-3-7(9)10-8(11(13)14)5-6-15-10/h1-6H,(H,13,14). The van der Waals surface area contributed by atoms with Crippen LogP contribution in [-0.2, 0) is 0 Å². The van der Waals surface area contributed by atoms with Gasteiger partial charge < -0.3 is 5.11 Å². The number of benzene rings is 1. The van der Waals surface area contributed by atoms with Crippen LogP contribution >= 0.6 is 11.3 Å². The second-order valence-electron chi connectivity index (χ2n) is 2.95. The summed E-state index contributed by atoms with van der Waals surface area (Å²) in [5.74, 6) is -1.43. The molecule has 0 amide bonds. The SMILES string of the molecule is O=C(O)c1ccsc1-c1ccccc1F. The molecule has 0 aliphatic carbocycles. The highest BCUT2D eigenvalue weighted by Crippen LogP contribution is 2.31. The van der Waals surface area contributed by atoms with Gasteiger partial charge in [0, 0.05) is 5.56 Å². The minimum Gasteiger partial charge on any atom is -0.478 e. The topological polar surface area (TPSA) is 37.3 Å². The molecule has 2 rings (SSSR count). The van der Waals surface area contributed by atoms with Crippen molar-refractivity contribution in [3.05, 3.63) is 47.1 Å². The molecule has 4 heteroatoms. The second-order valence-corrected chi connectivity index (χ2v) is 3.86. The highest BCUT2D eigenvalue weighted by Gasteiger charge is 2.15. The van der Waals surface area contributed by atoms with Gasteiger partial charge in [0.15, 0.2) is 0 Å². The van der Waals surface area contributed by atoms with Gasteiger partial charge in [0.05, 0.1) is 10.4 Å². The fourth-order valence-corrected chi connectivity index (χ4v) is 2.25. The fourth-order valence-electron chi connectivity index (χ4n) is 1.33. The Labute approximate surface area is 89.6 Å². The molecular weight excluding hydrogens is 215 g/mol. The van der Waals surface area contributed by atoms with Crippen molar-refractivity contribution in [1.82, 2.24) is 0 Å². The number of aromatic carboxylic acids is 1. The molecule has 0 saturated heterocycles. The summed E-state index contributed by atoms with van der Waals surface area (Å²) in [4.78, 5) is 11.3. The van der Waals surface area contributed by atoms with Crippen molar-refractivity contribution in [1.29, 1.82) is 0 Å². The van der Waals surface area contributed by atoms with Crippen LogP contribution in [0.25, 0.3) is 10.4 Å². The van der Waals surface area contributed by atoms with Crippen LogP contribution < -0.4 is 0 Å². The van der Waals surface area contributed by atoms with E-state index in [4.69, 9.17) is 5.11 Å². The molecular formula is C11H7FO2S. The van der Waals surface area contributed by atoms with E-state index in [9.17, 15) is 9.18 Å². The Hall–Kier alpha value is -1.68. The van der Waals surface area contributed by atoms with Crippen LogP contribution in [0.1, 0.15) is 10.4 Å². The molecule has 0 atom stereocenters. The molecule has 2 aromatic rings. The van der Waals surface area contributed by atoms with Crippen molar-refractivity contribution in [2.24, 2.45) is 0 Å². The molecule has 1 N–H and O–H groups in total. The maximum atomic E-state index is 13.4. The minimum absolute atomic E-state index is 0.144. The Morgan fingerprint density at radius 1 is 1.27 bits per heavy atom. The lowest BCUT2D eigenvalue weighted by molar-refractivity contribution is 0.0698. The number of hydrogen-bond acceptors (Lipinski definition) is 2. The molecule has 1 aromatic heterocycles. The Bertz CT molecular complexity index is 505. The third kappa shape index (κ3) is 1.76. The third-order valence-corrected chi connectivity index (χ3v) is 2.96. The Morgan fingerprint density at radius 3 is 2.67 bits per heavy atom. The Morgan fingerprint density at radius 2 is 2.00 bits per heavy atom. The maximum Gasteiger partial charge on any atom is 0.337 e. The lowest BCUT2D eigenvalue weighted by Crippen LogP contribution is -1.96. The summed E-state index contributed by atoms with van der Waals surface area (Å²) in [6, 6.07) is 7.64. The molecule has 1 aromatic carbocycles. The molecule has 0 aliphatic rings. The van der Waals surface area contributed by atoms with Crippen LogP contribution in [-0.4, -0.2) is 11.1 Å². The van der Waals surface area contributed by atoms with Gasteiger partial charge in [-0.05, 0) is 17.5 Å². The predicted octanol–water partition coefficient (Wildman–Crippen LogP) is 3.25. The number of hydrogen-bond donors (Lipinski definition) is 1. The maximum absolute atomic E-state index is 13.4. The number of halogens is 1. The van der Waals surface area contributed by atoms with E-state index in [1.807, 2.05) is 0 Å². The van der Waals surface area contributed by atoms with E-state index in [1.165, 1.54) is 23.5 Å². The van der Waals surface area contributed by atoms with Crippen molar-refractivity contribution < 1.29 is 14.3 Å². The zero-order valence-corrected chi connectivity index (χ0v) is 8.42. The summed E-state index contributed by atoms with van der Waals surface area (Å²) in [7, 11) is 0. The van der Waals surface area contributed by atoms with E-state index in [-0.39, 0.29) is 5.56 Å². The average Bonchev–Trinajstić information content (AvgIpc) is 2.67. The molecule has 15 heavy (non-hydrogen) atoms. The van der Waals surface area contributed by atoms with E-state index in [0.29, 0.717) is 10.4 Å². The molecule has 1 heterocycles. The lowest BCUT2D eigenvalue weighted by atomic mass is 10.1. The monoisotopic (exact) mass is 222 g/mol. The Balaban J connectivity index is 2.59. The molecule has 0 radical (unpaired) electrons. The van der Waals surface area contributed by atoms with Crippen molar-refractivity contribution in [3.63, 3.8) is 0 Å². The summed E-state index contributed by atoms with van der Waals surface area (Å²) < 4.78 is 13.4. The minimum atomic E-state index is -1.03. The van der Waals surface area contributed by atoms with Crippen molar-refractivity contribution >= 4 is 17.3 Å². The van der Waals surface area contributed by atoms with Gasteiger partial charge in [-0.2, -0.15) is 0 Å². The summed E-state index contributed by atoms with van der Waals surface area (Å²) >= 11 is 1.22. The molecule has 0 aliphatic heterocycles. The van der Waals surface area contributed by atoms with Crippen LogP contribution in [0.4, 0.5) is 4.39 Å². The van der Waals surface area contributed by atoms with Crippen molar-refractivity contribution in [2.45, 2.75) is 0 Å². The summed E-state index contributed by atoms with van der Waals surface area (Å²) in [6.45, 7) is 0. The second kappa shape index (κ2) is 3.82. The van der Waals surface area contributed by atoms with E-state index in [0.717, 1.165) is 0 Å². The van der Waals surface area contributed by atoms with Crippen molar-refractivity contribution in [2.75, 3.05) is 0 Å². The van der Waals surface area contributed by atoms with Gasteiger partial charge in [-0.15, -0.1) is 11.3 Å². The van der Waals surface area contributed by atoms with E-state index >= 15 is 0 Å². The normalized spacial score (nSPS) is 10.2. The van der Waals surface area contributed by atoms with Gasteiger partial charge in [-0.3, -0.25) is 0 Å². The number of thiophene rings is 1. The molecule has 0 spiro atoms. The fraction of sp³-hybridized carbons (Fsp3) is 0. The highest BCUT2D eigenvalue weighted by molar-refractivity contribution is 7.14. The number of rotatable bonds is 2. The summed E-state index contributed by atoms with van der Waals surface area (Å²) in [5.41, 5.74) is 0.481. The first-order chi connectivity index (χ1) is 7.20. The highest BCUT2D eigenvalue weighted by atomic mass is 32.1. The Kier molecular flexibility index (Phi) is 2.51. The molecule has 0 saturated carbocycles. The first-order valence-electron chi connectivity index (χ1n) is 4.26. The van der Waals surface area contributed by atoms with Gasteiger partial charge in [-0.25, -0.2) is 9.18 Å². The number of carbonyl (C=O) groups is 1. The summed E-state index contributed by atoms with van der Waals surface area (Å²) in [5, 5.41) is 10.5. The first-order valence-corrected chi connectivity index (χ1v) is 5.14. The van der Waals surface area contributed by atoms with Gasteiger partial charge >= 0.3 is 5.97 Å². The molecule has 0 unspecified atom stereocenters. The zero-order valence-electron chi connectivity index (χ0n) is 7.61. The molecule has 2 nitrogen and oxygen atoms in total. The van der Waals surface area contributed by atoms with E-state index in [1.54, 1.807) is 23.6 Å². The third-order valence-electron chi connectivity index (χ3n) is 2.01. The average molecular weight is 222 g/mol. The van der Waals surface area contributed by atoms with Crippen LogP contribution in [0, 0.1) is 5.82 Å². The lowest BCUT2D eigenvalue weighted by Gasteiger charge is -2.01. The predicted molar refractivity (Wildman–Crippen MR) is 56.7 cm³/mol. The quantitative estimate of drug-likeness (QED) is 0.846. The van der Waals surface area contributed by atoms with Gasteiger partial charge in [-0.1, -0.05) is 18.2 Å². The first kappa shape index (κ1) is 9.86. The number of carboxylic acids is 1.